The normalized spacial score (nSPS) is 17.2. The summed E-state index contributed by atoms with van der Waals surface area (Å²) in [6.07, 6.45) is 1.70. The number of nitrogens with zero attached hydrogens (tertiary/aromatic N) is 1. The fraction of sp³-hybridized carbons (Fsp3) is 0. The summed E-state index contributed by atoms with van der Waals surface area (Å²) in [5, 5.41) is 2.78. The van der Waals surface area contributed by atoms with Crippen molar-refractivity contribution in [1.29, 1.82) is 0 Å². The van der Waals surface area contributed by atoms with Crippen LogP contribution in [0.3, 0.4) is 0 Å². The summed E-state index contributed by atoms with van der Waals surface area (Å²) in [5.41, 5.74) is 0. The number of thiophene rings is 1. The molecule has 1 amide bonds. The molecule has 1 aromatic heterocycles. The van der Waals surface area contributed by atoms with E-state index in [4.69, 9.17) is 12.2 Å². The SMILES string of the molecule is O=C1/C(=C\c2cccs2)SC(=S)N1NS(=O)(=O)c1ccccc1. The van der Waals surface area contributed by atoms with E-state index in [1.54, 1.807) is 24.3 Å². The Balaban J connectivity index is 1.84. The van der Waals surface area contributed by atoms with Gasteiger partial charge in [0.25, 0.3) is 15.9 Å². The maximum Gasteiger partial charge on any atom is 0.281 e. The number of amides is 1. The molecule has 0 atom stereocenters. The van der Waals surface area contributed by atoms with Crippen molar-refractivity contribution in [1.82, 2.24) is 9.84 Å². The fourth-order valence-corrected chi connectivity index (χ4v) is 4.87. The number of hydrazine groups is 1. The van der Waals surface area contributed by atoms with E-state index in [1.807, 2.05) is 17.5 Å². The van der Waals surface area contributed by atoms with E-state index in [0.29, 0.717) is 4.91 Å². The van der Waals surface area contributed by atoms with Gasteiger partial charge in [-0.05, 0) is 29.7 Å². The van der Waals surface area contributed by atoms with Crippen LogP contribution in [0.25, 0.3) is 6.08 Å². The predicted molar refractivity (Wildman–Crippen MR) is 96.1 cm³/mol. The van der Waals surface area contributed by atoms with Gasteiger partial charge >= 0.3 is 0 Å². The Morgan fingerprint density at radius 2 is 1.87 bits per heavy atom. The summed E-state index contributed by atoms with van der Waals surface area (Å²) >= 11 is 7.66. The topological polar surface area (TPSA) is 66.5 Å². The third-order valence-electron chi connectivity index (χ3n) is 2.88. The zero-order valence-corrected chi connectivity index (χ0v) is 14.8. The third kappa shape index (κ3) is 3.54. The summed E-state index contributed by atoms with van der Waals surface area (Å²) < 4.78 is 24.8. The quantitative estimate of drug-likeness (QED) is 0.651. The minimum atomic E-state index is -3.87. The first-order chi connectivity index (χ1) is 11.0. The first-order valence-corrected chi connectivity index (χ1v) is 9.95. The van der Waals surface area contributed by atoms with Crippen molar-refractivity contribution in [3.05, 3.63) is 57.6 Å². The summed E-state index contributed by atoms with van der Waals surface area (Å²) in [7, 11) is -3.87. The van der Waals surface area contributed by atoms with Gasteiger partial charge in [0.2, 0.25) is 0 Å². The van der Waals surface area contributed by atoms with Gasteiger partial charge in [0.1, 0.15) is 0 Å². The maximum atomic E-state index is 12.4. The Hall–Kier alpha value is -1.52. The molecule has 2 heterocycles. The van der Waals surface area contributed by atoms with Gasteiger partial charge in [0, 0.05) is 4.88 Å². The number of carbonyl (C=O) groups excluding carboxylic acids is 1. The number of rotatable bonds is 4. The minimum Gasteiger partial charge on any atom is -0.267 e. The van der Waals surface area contributed by atoms with Gasteiger partial charge in [0.15, 0.2) is 4.32 Å². The number of sulfonamides is 1. The minimum absolute atomic E-state index is 0.0660. The summed E-state index contributed by atoms with van der Waals surface area (Å²) in [5.74, 6) is -0.479. The van der Waals surface area contributed by atoms with Crippen LogP contribution in [-0.2, 0) is 14.8 Å². The molecule has 23 heavy (non-hydrogen) atoms. The van der Waals surface area contributed by atoms with Crippen molar-refractivity contribution < 1.29 is 13.2 Å². The van der Waals surface area contributed by atoms with E-state index in [-0.39, 0.29) is 9.22 Å². The van der Waals surface area contributed by atoms with Gasteiger partial charge in [0.05, 0.1) is 9.80 Å². The number of benzene rings is 1. The molecule has 1 aromatic carbocycles. The van der Waals surface area contributed by atoms with Crippen molar-refractivity contribution in [2.24, 2.45) is 0 Å². The number of hydrogen-bond donors (Lipinski definition) is 1. The van der Waals surface area contributed by atoms with Crippen molar-refractivity contribution >= 4 is 61.6 Å². The van der Waals surface area contributed by atoms with E-state index in [9.17, 15) is 13.2 Å². The Bertz CT molecular complexity index is 874. The molecule has 1 aliphatic rings. The Kier molecular flexibility index (Phi) is 4.64. The van der Waals surface area contributed by atoms with Gasteiger partial charge in [-0.1, -0.05) is 48.2 Å². The van der Waals surface area contributed by atoms with E-state index >= 15 is 0 Å². The van der Waals surface area contributed by atoms with Gasteiger partial charge < -0.3 is 0 Å². The molecule has 3 rings (SSSR count). The molecule has 1 saturated heterocycles. The van der Waals surface area contributed by atoms with Crippen molar-refractivity contribution in [2.75, 3.05) is 0 Å². The molecule has 0 aliphatic carbocycles. The van der Waals surface area contributed by atoms with Gasteiger partial charge in [-0.3, -0.25) is 4.79 Å². The molecule has 5 nitrogen and oxygen atoms in total. The van der Waals surface area contributed by atoms with Gasteiger partial charge in [-0.2, -0.15) is 0 Å². The van der Waals surface area contributed by atoms with E-state index in [0.717, 1.165) is 21.6 Å². The lowest BCUT2D eigenvalue weighted by Crippen LogP contribution is -2.44. The van der Waals surface area contributed by atoms with Crippen LogP contribution in [0.4, 0.5) is 0 Å². The van der Waals surface area contributed by atoms with Crippen molar-refractivity contribution in [3.63, 3.8) is 0 Å². The van der Waals surface area contributed by atoms with Crippen LogP contribution in [-0.4, -0.2) is 23.7 Å². The molecule has 2 aromatic rings. The van der Waals surface area contributed by atoms with Crippen LogP contribution < -0.4 is 4.83 Å². The highest BCUT2D eigenvalue weighted by Crippen LogP contribution is 2.32. The molecular formula is C14H10N2O3S4. The summed E-state index contributed by atoms with van der Waals surface area (Å²) in [6, 6.07) is 11.6. The highest BCUT2D eigenvalue weighted by atomic mass is 32.2. The number of nitrogens with one attached hydrogen (secondary N) is 1. The summed E-state index contributed by atoms with van der Waals surface area (Å²) in [6.45, 7) is 0. The fourth-order valence-electron chi connectivity index (χ4n) is 1.82. The van der Waals surface area contributed by atoms with E-state index in [1.165, 1.54) is 23.5 Å². The molecule has 1 aliphatic heterocycles. The van der Waals surface area contributed by atoms with Crippen molar-refractivity contribution in [3.8, 4) is 0 Å². The predicted octanol–water partition coefficient (Wildman–Crippen LogP) is 2.84. The lowest BCUT2D eigenvalue weighted by molar-refractivity contribution is -0.123. The van der Waals surface area contributed by atoms with E-state index in [2.05, 4.69) is 4.83 Å². The van der Waals surface area contributed by atoms with Gasteiger partial charge in [-0.25, -0.2) is 13.4 Å². The first kappa shape index (κ1) is 16.3. The molecule has 118 valence electrons. The lowest BCUT2D eigenvalue weighted by Gasteiger charge is -2.15. The highest BCUT2D eigenvalue weighted by Gasteiger charge is 2.35. The Morgan fingerprint density at radius 1 is 1.13 bits per heavy atom. The number of carbonyl (C=O) groups is 1. The Labute approximate surface area is 147 Å². The molecular weight excluding hydrogens is 372 g/mol. The second-order valence-electron chi connectivity index (χ2n) is 4.44. The molecule has 0 spiro atoms. The Morgan fingerprint density at radius 3 is 2.52 bits per heavy atom. The van der Waals surface area contributed by atoms with Crippen LogP contribution in [0.1, 0.15) is 4.88 Å². The van der Waals surface area contributed by atoms with E-state index < -0.39 is 15.9 Å². The average molecular weight is 383 g/mol. The second-order valence-corrected chi connectivity index (χ2v) is 8.76. The number of thiocarbonyl (C=S) groups is 1. The first-order valence-electron chi connectivity index (χ1n) is 6.36. The standard InChI is InChI=1S/C14H10N2O3S4/c17-13-12(9-10-5-4-8-21-10)22-14(20)16(13)15-23(18,19)11-6-2-1-3-7-11/h1-9,15H/b12-9+. The van der Waals surface area contributed by atoms with Crippen LogP contribution in [0, 0.1) is 0 Å². The smallest absolute Gasteiger partial charge is 0.267 e. The number of thioether (sulfide) groups is 1. The van der Waals surface area contributed by atoms with Crippen LogP contribution >= 0.6 is 35.3 Å². The molecule has 9 heteroatoms. The van der Waals surface area contributed by atoms with Crippen LogP contribution in [0.15, 0.2) is 57.6 Å². The van der Waals surface area contributed by atoms with Crippen molar-refractivity contribution in [2.45, 2.75) is 4.90 Å². The molecule has 1 N–H and O–H groups in total. The lowest BCUT2D eigenvalue weighted by atomic mass is 10.4. The average Bonchev–Trinajstić information content (AvgIpc) is 3.13. The zero-order valence-electron chi connectivity index (χ0n) is 11.5. The van der Waals surface area contributed by atoms with Crippen LogP contribution in [0.2, 0.25) is 0 Å². The zero-order chi connectivity index (χ0) is 16.4. The third-order valence-corrected chi connectivity index (χ3v) is 6.31. The molecule has 0 saturated carbocycles. The van der Waals surface area contributed by atoms with Crippen LogP contribution in [0.5, 0.6) is 0 Å². The second kappa shape index (κ2) is 6.54. The number of hydrogen-bond acceptors (Lipinski definition) is 6. The van der Waals surface area contributed by atoms with Gasteiger partial charge in [-0.15, -0.1) is 16.2 Å². The molecule has 1 fully saturated rings. The highest BCUT2D eigenvalue weighted by molar-refractivity contribution is 8.26. The maximum absolute atomic E-state index is 12.4. The molecule has 0 unspecified atom stereocenters. The molecule has 0 bridgehead atoms. The summed E-state index contributed by atoms with van der Waals surface area (Å²) in [4.78, 5) is 16.0. The monoisotopic (exact) mass is 382 g/mol. The largest absolute Gasteiger partial charge is 0.281 e. The molecule has 0 radical (unpaired) electrons.